The summed E-state index contributed by atoms with van der Waals surface area (Å²) in [5.41, 5.74) is 0. The average Bonchev–Trinajstić information content (AvgIpc) is 3.15. The lowest BCUT2D eigenvalue weighted by Gasteiger charge is -2.01. The largest absolute Gasteiger partial charge is 0.466 e. The number of amides is 1. The molecule has 8 heteroatoms. The quantitative estimate of drug-likeness (QED) is 0.450. The van der Waals surface area contributed by atoms with E-state index < -0.39 is 0 Å². The van der Waals surface area contributed by atoms with Gasteiger partial charge in [0.2, 0.25) is 11.0 Å². The Balaban J connectivity index is 1.69. The van der Waals surface area contributed by atoms with Crippen molar-refractivity contribution in [3.8, 4) is 0 Å². The predicted octanol–water partition coefficient (Wildman–Crippen LogP) is 2.32. The molecule has 1 aliphatic rings. The van der Waals surface area contributed by atoms with Crippen LogP contribution in [0.1, 0.15) is 32.6 Å². The second kappa shape index (κ2) is 7.58. The van der Waals surface area contributed by atoms with Gasteiger partial charge in [-0.15, -0.1) is 10.2 Å². The minimum Gasteiger partial charge on any atom is -0.466 e. The predicted molar refractivity (Wildman–Crippen MR) is 77.9 cm³/mol. The lowest BCUT2D eigenvalue weighted by Crippen LogP contribution is -2.14. The zero-order valence-electron chi connectivity index (χ0n) is 11.3. The van der Waals surface area contributed by atoms with Crippen molar-refractivity contribution in [3.63, 3.8) is 0 Å². The normalized spacial score (nSPS) is 14.1. The van der Waals surface area contributed by atoms with Crippen molar-refractivity contribution in [2.24, 2.45) is 5.92 Å². The highest BCUT2D eigenvalue weighted by molar-refractivity contribution is 8.01. The maximum absolute atomic E-state index is 11.6. The van der Waals surface area contributed by atoms with Crippen molar-refractivity contribution in [2.45, 2.75) is 36.9 Å². The van der Waals surface area contributed by atoms with Crippen LogP contribution in [0.4, 0.5) is 5.13 Å². The molecule has 1 N–H and O–H groups in total. The second-order valence-electron chi connectivity index (χ2n) is 4.48. The van der Waals surface area contributed by atoms with Crippen LogP contribution in [0.15, 0.2) is 4.34 Å². The number of esters is 1. The van der Waals surface area contributed by atoms with Crippen LogP contribution in [0.2, 0.25) is 0 Å². The number of anilines is 1. The molecule has 2 rings (SSSR count). The molecule has 0 spiro atoms. The van der Waals surface area contributed by atoms with Gasteiger partial charge in [0, 0.05) is 12.2 Å². The van der Waals surface area contributed by atoms with Gasteiger partial charge in [-0.1, -0.05) is 23.1 Å². The first kappa shape index (κ1) is 15.2. The van der Waals surface area contributed by atoms with Crippen LogP contribution in [-0.2, 0) is 14.3 Å². The lowest BCUT2D eigenvalue weighted by atomic mass is 10.3. The first-order chi connectivity index (χ1) is 9.67. The lowest BCUT2D eigenvalue weighted by molar-refractivity contribution is -0.144. The highest BCUT2D eigenvalue weighted by Crippen LogP contribution is 2.36. The van der Waals surface area contributed by atoms with E-state index in [1.807, 2.05) is 0 Å². The van der Waals surface area contributed by atoms with Crippen LogP contribution in [-0.4, -0.2) is 34.4 Å². The van der Waals surface area contributed by atoms with E-state index >= 15 is 0 Å². The number of carbonyl (C=O) groups excluding carboxylic acids is 2. The molecule has 1 heterocycles. The smallest absolute Gasteiger partial charge is 0.306 e. The van der Waals surface area contributed by atoms with Gasteiger partial charge >= 0.3 is 5.97 Å². The number of hydrogen-bond donors (Lipinski definition) is 1. The molecule has 0 atom stereocenters. The van der Waals surface area contributed by atoms with Crippen molar-refractivity contribution < 1.29 is 14.3 Å². The molecule has 0 aliphatic heterocycles. The standard InChI is InChI=1S/C12H17N3O3S2/c1-2-18-10(17)6-5-9(16)13-11-14-15-12(20-11)19-7-8-3-4-8/h8H,2-7H2,1H3,(H,13,14,16). The molecule has 6 nitrogen and oxygen atoms in total. The maximum atomic E-state index is 11.6. The molecule has 20 heavy (non-hydrogen) atoms. The summed E-state index contributed by atoms with van der Waals surface area (Å²) >= 11 is 3.05. The number of ether oxygens (including phenoxy) is 1. The molecule has 1 amide bonds. The van der Waals surface area contributed by atoms with E-state index in [1.165, 1.54) is 24.2 Å². The molecule has 0 saturated heterocycles. The minimum absolute atomic E-state index is 0.0851. The Kier molecular flexibility index (Phi) is 5.78. The van der Waals surface area contributed by atoms with Crippen molar-refractivity contribution >= 4 is 40.1 Å². The van der Waals surface area contributed by atoms with Crippen molar-refractivity contribution in [3.05, 3.63) is 0 Å². The van der Waals surface area contributed by atoms with Gasteiger partial charge < -0.3 is 10.1 Å². The number of thioether (sulfide) groups is 1. The molecule has 1 saturated carbocycles. The molecule has 1 fully saturated rings. The fraction of sp³-hybridized carbons (Fsp3) is 0.667. The maximum Gasteiger partial charge on any atom is 0.306 e. The Bertz CT molecular complexity index is 474. The Morgan fingerprint density at radius 2 is 2.20 bits per heavy atom. The number of hydrogen-bond acceptors (Lipinski definition) is 7. The van der Waals surface area contributed by atoms with E-state index in [0.29, 0.717) is 11.7 Å². The molecular formula is C12H17N3O3S2. The summed E-state index contributed by atoms with van der Waals surface area (Å²) in [5.74, 6) is 1.30. The van der Waals surface area contributed by atoms with Crippen molar-refractivity contribution in [1.29, 1.82) is 0 Å². The summed E-state index contributed by atoms with van der Waals surface area (Å²) in [6, 6.07) is 0. The van der Waals surface area contributed by atoms with Gasteiger partial charge in [0.05, 0.1) is 13.0 Å². The van der Waals surface area contributed by atoms with Crippen LogP contribution in [0.5, 0.6) is 0 Å². The Labute approximate surface area is 125 Å². The molecule has 0 radical (unpaired) electrons. The zero-order chi connectivity index (χ0) is 14.4. The van der Waals surface area contributed by atoms with E-state index in [-0.39, 0.29) is 24.7 Å². The van der Waals surface area contributed by atoms with Crippen LogP contribution in [0, 0.1) is 5.92 Å². The third-order valence-electron chi connectivity index (χ3n) is 2.65. The van der Waals surface area contributed by atoms with Gasteiger partial charge in [-0.25, -0.2) is 0 Å². The Hall–Kier alpha value is -1.15. The summed E-state index contributed by atoms with van der Waals surface area (Å²) < 4.78 is 5.63. The van der Waals surface area contributed by atoms with Crippen LogP contribution in [0.3, 0.4) is 0 Å². The van der Waals surface area contributed by atoms with Gasteiger partial charge in [0.25, 0.3) is 0 Å². The summed E-state index contributed by atoms with van der Waals surface area (Å²) in [7, 11) is 0. The molecule has 110 valence electrons. The van der Waals surface area contributed by atoms with Gasteiger partial charge in [0.1, 0.15) is 0 Å². The van der Waals surface area contributed by atoms with Gasteiger partial charge in [-0.3, -0.25) is 9.59 Å². The number of carbonyl (C=O) groups is 2. The van der Waals surface area contributed by atoms with E-state index in [9.17, 15) is 9.59 Å². The van der Waals surface area contributed by atoms with Crippen molar-refractivity contribution in [2.75, 3.05) is 17.7 Å². The Morgan fingerprint density at radius 3 is 2.90 bits per heavy atom. The monoisotopic (exact) mass is 315 g/mol. The fourth-order valence-electron chi connectivity index (χ4n) is 1.42. The highest BCUT2D eigenvalue weighted by Gasteiger charge is 2.22. The van der Waals surface area contributed by atoms with Crippen LogP contribution in [0.25, 0.3) is 0 Å². The third kappa shape index (κ3) is 5.46. The SMILES string of the molecule is CCOC(=O)CCC(=O)Nc1nnc(SCC2CC2)s1. The third-order valence-corrected chi connectivity index (χ3v) is 4.86. The molecule has 1 aromatic rings. The van der Waals surface area contributed by atoms with Crippen LogP contribution >= 0.6 is 23.1 Å². The zero-order valence-corrected chi connectivity index (χ0v) is 12.9. The number of nitrogens with one attached hydrogen (secondary N) is 1. The molecule has 0 unspecified atom stereocenters. The molecular weight excluding hydrogens is 298 g/mol. The molecule has 1 aromatic heterocycles. The Morgan fingerprint density at radius 1 is 1.40 bits per heavy atom. The van der Waals surface area contributed by atoms with Crippen molar-refractivity contribution in [1.82, 2.24) is 10.2 Å². The molecule has 0 bridgehead atoms. The van der Waals surface area contributed by atoms with E-state index in [1.54, 1.807) is 18.7 Å². The highest BCUT2D eigenvalue weighted by atomic mass is 32.2. The van der Waals surface area contributed by atoms with E-state index in [2.05, 4.69) is 15.5 Å². The summed E-state index contributed by atoms with van der Waals surface area (Å²) in [4.78, 5) is 22.7. The first-order valence-corrected chi connectivity index (χ1v) is 8.39. The number of aromatic nitrogens is 2. The average molecular weight is 315 g/mol. The van der Waals surface area contributed by atoms with Crippen LogP contribution < -0.4 is 5.32 Å². The molecule has 0 aromatic carbocycles. The topological polar surface area (TPSA) is 81.2 Å². The first-order valence-electron chi connectivity index (χ1n) is 6.59. The summed E-state index contributed by atoms with van der Waals surface area (Å²) in [6.07, 6.45) is 2.80. The summed E-state index contributed by atoms with van der Waals surface area (Å²) in [6.45, 7) is 2.07. The number of rotatable bonds is 8. The summed E-state index contributed by atoms with van der Waals surface area (Å²) in [5, 5.41) is 11.1. The van der Waals surface area contributed by atoms with Gasteiger partial charge in [-0.05, 0) is 25.7 Å². The number of nitrogens with zero attached hydrogens (tertiary/aromatic N) is 2. The fourth-order valence-corrected chi connectivity index (χ4v) is 3.40. The second-order valence-corrected chi connectivity index (χ2v) is 6.73. The minimum atomic E-state index is -0.361. The van der Waals surface area contributed by atoms with E-state index in [0.717, 1.165) is 16.0 Å². The van der Waals surface area contributed by atoms with Gasteiger partial charge in [-0.2, -0.15) is 0 Å². The van der Waals surface area contributed by atoms with Gasteiger partial charge in [0.15, 0.2) is 4.34 Å². The molecule has 1 aliphatic carbocycles. The van der Waals surface area contributed by atoms with E-state index in [4.69, 9.17) is 4.74 Å².